The summed E-state index contributed by atoms with van der Waals surface area (Å²) in [6, 6.07) is -7.46. The minimum atomic E-state index is -1.37. The third-order valence-corrected chi connectivity index (χ3v) is 18.2. The van der Waals surface area contributed by atoms with Crippen molar-refractivity contribution in [3.05, 3.63) is 0 Å². The number of carbonyl (C=O) groups excluding carboxylic acids is 12. The highest BCUT2D eigenvalue weighted by Gasteiger charge is 2.41. The lowest BCUT2D eigenvalue weighted by molar-refractivity contribution is -0.142. The minimum Gasteiger partial charge on any atom is -0.370 e. The molecule has 96 heavy (non-hydrogen) atoms. The van der Waals surface area contributed by atoms with E-state index in [2.05, 4.69) is 49.5 Å². The smallest absolute Gasteiger partial charge is 0.245 e. The molecule has 8 amide bonds. The SMILES string of the molecule is CCCCCCCCCCCCCCCC(=O)N[C@H](C(=O)N[C@H](C(=O)N[C@@H](CCCNC(=N)N)C(=O)N1CCC[C@H]1C(=O)C[C@H](C(=O)N[C@@H](C)C(=O)C[C@@H](CC(N)=O)C(=O)N[C@@H](C)C(=O)C[C@@H](CCCNC(=N)N)C(=O)N[C@@H](CC(C)C)C(=O)CC)C(C)C)C(C)C)[C@@H](C)CC. The van der Waals surface area contributed by atoms with E-state index in [1.165, 1.54) is 76.5 Å². The zero-order chi connectivity index (χ0) is 72.6. The number of unbranched alkanes of at least 4 members (excludes halogenated alkanes) is 12. The topological polar surface area (TPSA) is 430 Å². The molecule has 0 aromatic heterocycles. The molecule has 0 unspecified atom stereocenters. The minimum absolute atomic E-state index is 0.0561. The summed E-state index contributed by atoms with van der Waals surface area (Å²) in [5, 5.41) is 37.1. The second-order valence-corrected chi connectivity index (χ2v) is 27.8. The lowest BCUT2D eigenvalue weighted by Crippen LogP contribution is -2.60. The molecule has 0 bridgehead atoms. The zero-order valence-electron chi connectivity index (χ0n) is 60.4. The summed E-state index contributed by atoms with van der Waals surface area (Å²) >= 11 is 0. The summed E-state index contributed by atoms with van der Waals surface area (Å²) in [4.78, 5) is 167. The van der Waals surface area contributed by atoms with Gasteiger partial charge in [0.2, 0.25) is 47.3 Å². The Morgan fingerprint density at radius 2 is 0.979 bits per heavy atom. The van der Waals surface area contributed by atoms with Crippen LogP contribution in [0.5, 0.6) is 0 Å². The van der Waals surface area contributed by atoms with Gasteiger partial charge in [0.1, 0.15) is 18.1 Å². The molecule has 11 atom stereocenters. The monoisotopic (exact) mass is 1350 g/mol. The molecular formula is C70H126N14O12. The molecule has 1 rings (SSSR count). The molecule has 1 saturated heterocycles. The molecular weight excluding hydrogens is 1230 g/mol. The fraction of sp³-hybridized carbons (Fsp3) is 0.800. The maximum Gasteiger partial charge on any atom is 0.245 e. The van der Waals surface area contributed by atoms with E-state index in [-0.39, 0.29) is 106 Å². The van der Waals surface area contributed by atoms with Crippen LogP contribution in [0.3, 0.4) is 0 Å². The lowest BCUT2D eigenvalue weighted by Gasteiger charge is -2.32. The van der Waals surface area contributed by atoms with Gasteiger partial charge in [0.15, 0.2) is 35.1 Å². The number of amides is 8. The van der Waals surface area contributed by atoms with E-state index in [1.807, 2.05) is 27.7 Å². The quantitative estimate of drug-likeness (QED) is 0.0191. The van der Waals surface area contributed by atoms with Crippen LogP contribution in [0.25, 0.3) is 0 Å². The number of primary amides is 1. The Balaban J connectivity index is 3.21. The Bertz CT molecular complexity index is 2510. The van der Waals surface area contributed by atoms with Gasteiger partial charge in [-0.2, -0.15) is 0 Å². The number of nitrogens with one attached hydrogen (secondary N) is 10. The van der Waals surface area contributed by atoms with Crippen molar-refractivity contribution in [2.75, 3.05) is 19.6 Å². The zero-order valence-corrected chi connectivity index (χ0v) is 60.4. The highest BCUT2D eigenvalue weighted by molar-refractivity contribution is 5.99. The van der Waals surface area contributed by atoms with Crippen LogP contribution in [0.4, 0.5) is 0 Å². The lowest BCUT2D eigenvalue weighted by atomic mass is 9.87. The Kier molecular flexibility index (Phi) is 43.3. The number of guanidine groups is 2. The first-order chi connectivity index (χ1) is 45.3. The van der Waals surface area contributed by atoms with Gasteiger partial charge >= 0.3 is 0 Å². The largest absolute Gasteiger partial charge is 0.370 e. The second-order valence-electron chi connectivity index (χ2n) is 27.8. The van der Waals surface area contributed by atoms with E-state index in [1.54, 1.807) is 34.6 Å². The first-order valence-corrected chi connectivity index (χ1v) is 36.0. The van der Waals surface area contributed by atoms with Crippen LogP contribution in [-0.2, 0) is 57.5 Å². The number of ketones is 4. The van der Waals surface area contributed by atoms with Crippen LogP contribution in [0.1, 0.15) is 256 Å². The molecule has 0 radical (unpaired) electrons. The van der Waals surface area contributed by atoms with Crippen LogP contribution in [0, 0.1) is 52.2 Å². The maximum absolute atomic E-state index is 14.7. The molecule has 1 fully saturated rings. The number of rotatable bonds is 53. The summed E-state index contributed by atoms with van der Waals surface area (Å²) in [5.41, 5.74) is 16.5. The number of nitrogens with zero attached hydrogens (tertiary/aromatic N) is 1. The fourth-order valence-corrected chi connectivity index (χ4v) is 12.0. The predicted octanol–water partition coefficient (Wildman–Crippen LogP) is 5.92. The van der Waals surface area contributed by atoms with Crippen molar-refractivity contribution < 1.29 is 57.5 Å². The summed E-state index contributed by atoms with van der Waals surface area (Å²) < 4.78 is 0. The van der Waals surface area contributed by atoms with Gasteiger partial charge in [-0.3, -0.25) is 68.4 Å². The number of Topliss-reactive ketones (excluding diaryl/α,β-unsaturated/α-hetero) is 4. The van der Waals surface area contributed by atoms with Gasteiger partial charge in [-0.15, -0.1) is 0 Å². The van der Waals surface area contributed by atoms with E-state index in [9.17, 15) is 57.5 Å². The predicted molar refractivity (Wildman–Crippen MR) is 373 cm³/mol. The van der Waals surface area contributed by atoms with Gasteiger partial charge in [0.25, 0.3) is 0 Å². The number of hydrogen-bond acceptors (Lipinski definition) is 14. The molecule has 1 aliphatic heterocycles. The average molecular weight is 1360 g/mol. The fourth-order valence-electron chi connectivity index (χ4n) is 12.0. The summed E-state index contributed by atoms with van der Waals surface area (Å²) in [5.74, 6) is -11.8. The Morgan fingerprint density at radius 3 is 1.47 bits per heavy atom. The molecule has 1 aliphatic rings. The molecule has 1 heterocycles. The number of carbonyl (C=O) groups is 12. The van der Waals surface area contributed by atoms with Crippen LogP contribution >= 0.6 is 0 Å². The summed E-state index contributed by atoms with van der Waals surface area (Å²) in [6.07, 6.45) is 16.3. The Labute approximate surface area is 572 Å². The third kappa shape index (κ3) is 34.8. The second kappa shape index (κ2) is 47.8. The Morgan fingerprint density at radius 1 is 0.490 bits per heavy atom. The average Bonchev–Trinajstić information content (AvgIpc) is 1.58. The van der Waals surface area contributed by atoms with Crippen LogP contribution in [0.2, 0.25) is 0 Å². The highest BCUT2D eigenvalue weighted by Crippen LogP contribution is 2.27. The molecule has 548 valence electrons. The van der Waals surface area contributed by atoms with Crippen molar-refractivity contribution in [2.24, 2.45) is 58.6 Å². The van der Waals surface area contributed by atoms with E-state index in [0.29, 0.717) is 32.1 Å². The van der Waals surface area contributed by atoms with Gasteiger partial charge in [0, 0.05) is 70.0 Å². The van der Waals surface area contributed by atoms with Crippen molar-refractivity contribution >= 4 is 82.3 Å². The van der Waals surface area contributed by atoms with E-state index >= 15 is 0 Å². The number of nitrogens with two attached hydrogens (primary N) is 3. The number of likely N-dealkylation sites (tertiary alicyclic amines) is 1. The van der Waals surface area contributed by atoms with Crippen LogP contribution in [-0.4, -0.2) is 149 Å². The first-order valence-electron chi connectivity index (χ1n) is 36.0. The van der Waals surface area contributed by atoms with E-state index < -0.39 is 143 Å². The molecule has 26 nitrogen and oxygen atoms in total. The molecule has 0 aliphatic carbocycles. The number of hydrogen-bond donors (Lipinski definition) is 13. The standard InChI is InChI=1S/C70H126N14O12/c1-13-16-17-18-19-20-21-22-23-24-25-26-27-34-60(90)82-62(46(10)14-2)67(95)83-61(45(8)9)66(94)80-52(32-29-36-77-70(74)75)68(96)84-37-30-33-54(84)58(88)42-51(44(6)7)65(93)79-48(12)57(87)40-50(41-59(71)89)64(92)78-47(11)56(86)39-49(31-28-35-76-69(72)73)63(91)81-53(38-43(4)5)55(85)15-3/h43-54,61-62H,13-42H2,1-12H3,(H2,71,89)(H,78,92)(H,79,93)(H,80,94)(H,81,91)(H,82,90)(H,83,95)(H4,72,73,76)(H4,74,75,77)/t46-,47-,48-,49+,50-,51-,52-,53-,54-,61-,62-/m0/s1. The van der Waals surface area contributed by atoms with Gasteiger partial charge in [-0.05, 0) is 88.9 Å². The van der Waals surface area contributed by atoms with Crippen molar-refractivity contribution in [1.29, 1.82) is 10.8 Å². The van der Waals surface area contributed by atoms with Crippen molar-refractivity contribution in [1.82, 2.24) is 47.4 Å². The summed E-state index contributed by atoms with van der Waals surface area (Å²) in [7, 11) is 0. The van der Waals surface area contributed by atoms with Crippen molar-refractivity contribution in [3.8, 4) is 0 Å². The third-order valence-electron chi connectivity index (χ3n) is 18.2. The van der Waals surface area contributed by atoms with E-state index in [0.717, 1.165) is 19.3 Å². The summed E-state index contributed by atoms with van der Waals surface area (Å²) in [6.45, 7) is 21.8. The van der Waals surface area contributed by atoms with E-state index in [4.69, 9.17) is 28.0 Å². The molecule has 16 N–H and O–H groups in total. The highest BCUT2D eigenvalue weighted by atomic mass is 16.2. The molecule has 0 spiro atoms. The molecule has 0 saturated carbocycles. The van der Waals surface area contributed by atoms with Gasteiger partial charge in [-0.1, -0.05) is 153 Å². The first kappa shape index (κ1) is 87.0. The molecule has 0 aromatic rings. The van der Waals surface area contributed by atoms with Gasteiger partial charge < -0.3 is 64.6 Å². The maximum atomic E-state index is 14.7. The normalized spacial score (nSPS) is 16.1. The molecule has 26 heteroatoms. The molecule has 0 aromatic carbocycles. The van der Waals surface area contributed by atoms with Crippen LogP contribution < -0.4 is 59.7 Å². The van der Waals surface area contributed by atoms with Crippen LogP contribution in [0.15, 0.2) is 0 Å². The van der Waals surface area contributed by atoms with Gasteiger partial charge in [-0.25, -0.2) is 0 Å². The van der Waals surface area contributed by atoms with Crippen molar-refractivity contribution in [3.63, 3.8) is 0 Å². The van der Waals surface area contributed by atoms with Gasteiger partial charge in [0.05, 0.1) is 30.1 Å². The van der Waals surface area contributed by atoms with Crippen molar-refractivity contribution in [2.45, 2.75) is 299 Å². The Hall–Kier alpha value is -7.02.